The summed E-state index contributed by atoms with van der Waals surface area (Å²) in [7, 11) is 1.67. The number of nitrogens with one attached hydrogen (secondary N) is 2. The Balaban J connectivity index is 1.26. The van der Waals surface area contributed by atoms with Crippen molar-refractivity contribution in [2.24, 2.45) is 0 Å². The molecule has 3 amide bonds. The number of hydrogen-bond donors (Lipinski definition) is 3. The Morgan fingerprint density at radius 2 is 1.83 bits per heavy atom. The third kappa shape index (κ3) is 8.52. The van der Waals surface area contributed by atoms with Gasteiger partial charge in [-0.25, -0.2) is 24.2 Å². The number of aliphatic carboxylic acids is 1. The summed E-state index contributed by atoms with van der Waals surface area (Å²) in [5.74, 6) is -0.607. The largest absolute Gasteiger partial charge is 0.480 e. The van der Waals surface area contributed by atoms with Crippen molar-refractivity contribution in [2.75, 3.05) is 30.8 Å². The Morgan fingerprint density at radius 3 is 2.56 bits per heavy atom. The van der Waals surface area contributed by atoms with Gasteiger partial charge in [-0.05, 0) is 57.4 Å². The maximum absolute atomic E-state index is 12.8. The highest BCUT2D eigenvalue weighted by atomic mass is 16.6. The number of benzene rings is 2. The van der Waals surface area contributed by atoms with Gasteiger partial charge in [0.05, 0.1) is 11.4 Å². The third-order valence-electron chi connectivity index (χ3n) is 7.98. The van der Waals surface area contributed by atoms with Gasteiger partial charge < -0.3 is 29.5 Å². The molecular formula is C35H41N5O8. The van der Waals surface area contributed by atoms with Crippen molar-refractivity contribution >= 4 is 35.8 Å². The number of likely N-dealkylation sites (tertiary alicyclic amines) is 1. The Hall–Kier alpha value is -5.33. The maximum Gasteiger partial charge on any atom is 0.412 e. The van der Waals surface area contributed by atoms with Crippen LogP contribution in [-0.4, -0.2) is 82.0 Å². The lowest BCUT2D eigenvalue weighted by Gasteiger charge is -2.29. The number of carboxylic acid groups (broad SMARTS) is 1. The molecule has 0 saturated carbocycles. The number of nitrogens with zero attached hydrogens (tertiary/aromatic N) is 3. The standard InChI is InChI=1S/C35H41N5O8/c1-35(2,3)48-34(45)40-20-23(19-27(40)31(41)42)36-29-17-9-14-25(37-29)24-13-8-15-26-30(24)28(47-32(43)38-26)16-10-18-39(4)33(44)46-21-22-11-6-5-7-12-22/h5-9,11-15,17,23,27-28H,10,16,18-21H2,1-4H3,(H,36,37)(H,38,43)(H,41,42)/t23-,27-,28?/m0/s1. The molecule has 3 N–H and O–H groups in total. The lowest BCUT2D eigenvalue weighted by Crippen LogP contribution is -2.43. The predicted octanol–water partition coefficient (Wildman–Crippen LogP) is 6.28. The Morgan fingerprint density at radius 1 is 1.08 bits per heavy atom. The minimum atomic E-state index is -1.11. The van der Waals surface area contributed by atoms with Crippen molar-refractivity contribution in [3.63, 3.8) is 0 Å². The summed E-state index contributed by atoms with van der Waals surface area (Å²) >= 11 is 0. The van der Waals surface area contributed by atoms with Gasteiger partial charge in [-0.1, -0.05) is 48.5 Å². The van der Waals surface area contributed by atoms with Crippen molar-refractivity contribution in [2.45, 2.75) is 70.4 Å². The quantitative estimate of drug-likeness (QED) is 0.212. The van der Waals surface area contributed by atoms with E-state index in [-0.39, 0.29) is 25.6 Å². The number of aromatic nitrogens is 1. The Kier molecular flexibility index (Phi) is 10.4. The molecule has 48 heavy (non-hydrogen) atoms. The number of pyridine rings is 1. The van der Waals surface area contributed by atoms with E-state index < -0.39 is 42.0 Å². The van der Waals surface area contributed by atoms with Gasteiger partial charge >= 0.3 is 24.2 Å². The Labute approximate surface area is 279 Å². The normalized spacial score (nSPS) is 18.6. The molecule has 0 radical (unpaired) electrons. The van der Waals surface area contributed by atoms with Gasteiger partial charge in [0, 0.05) is 43.7 Å². The molecule has 2 aromatic carbocycles. The smallest absolute Gasteiger partial charge is 0.412 e. The zero-order valence-corrected chi connectivity index (χ0v) is 27.5. The number of anilines is 2. The molecule has 1 saturated heterocycles. The topological polar surface area (TPSA) is 160 Å². The van der Waals surface area contributed by atoms with Gasteiger partial charge in [0.25, 0.3) is 0 Å². The number of carbonyl (C=O) groups excluding carboxylic acids is 3. The molecule has 2 aliphatic rings. The van der Waals surface area contributed by atoms with E-state index in [2.05, 4.69) is 10.6 Å². The molecule has 1 fully saturated rings. The van der Waals surface area contributed by atoms with Crippen LogP contribution in [0.5, 0.6) is 0 Å². The van der Waals surface area contributed by atoms with E-state index in [9.17, 15) is 24.3 Å². The van der Waals surface area contributed by atoms with Crippen LogP contribution in [0.4, 0.5) is 25.9 Å². The SMILES string of the molecule is CN(CCCC1OC(=O)Nc2cccc(-c3cccc(N[C@H]4C[C@@H](C(=O)O)N(C(=O)OC(C)(C)C)C4)n3)c21)C(=O)OCc1ccccc1. The highest BCUT2D eigenvalue weighted by Crippen LogP contribution is 2.40. The number of rotatable bonds is 10. The van der Waals surface area contributed by atoms with Crippen molar-refractivity contribution in [1.29, 1.82) is 0 Å². The summed E-state index contributed by atoms with van der Waals surface area (Å²) in [6.45, 7) is 5.89. The first-order valence-electron chi connectivity index (χ1n) is 15.9. The minimum Gasteiger partial charge on any atom is -0.480 e. The molecule has 254 valence electrons. The molecular weight excluding hydrogens is 618 g/mol. The monoisotopic (exact) mass is 659 g/mol. The van der Waals surface area contributed by atoms with Gasteiger partial charge in [-0.3, -0.25) is 10.2 Å². The lowest BCUT2D eigenvalue weighted by molar-refractivity contribution is -0.142. The lowest BCUT2D eigenvalue weighted by atomic mass is 9.93. The first-order chi connectivity index (χ1) is 22.9. The number of fused-ring (bicyclic) bond motifs is 1. The van der Waals surface area contributed by atoms with E-state index in [0.717, 1.165) is 16.7 Å². The zero-order valence-electron chi connectivity index (χ0n) is 27.5. The average molecular weight is 660 g/mol. The number of carboxylic acids is 1. The van der Waals surface area contributed by atoms with Crippen molar-refractivity contribution in [1.82, 2.24) is 14.8 Å². The van der Waals surface area contributed by atoms with Crippen LogP contribution in [0.1, 0.15) is 57.3 Å². The van der Waals surface area contributed by atoms with Gasteiger partial charge in [0.15, 0.2) is 0 Å². The molecule has 13 heteroatoms. The molecule has 0 bridgehead atoms. The zero-order chi connectivity index (χ0) is 34.4. The molecule has 1 unspecified atom stereocenters. The van der Waals surface area contributed by atoms with Crippen LogP contribution in [0.2, 0.25) is 0 Å². The van der Waals surface area contributed by atoms with Crippen LogP contribution in [0.3, 0.4) is 0 Å². The maximum atomic E-state index is 12.8. The van der Waals surface area contributed by atoms with Gasteiger partial charge in [0.2, 0.25) is 0 Å². The number of cyclic esters (lactones) is 1. The van der Waals surface area contributed by atoms with Crippen molar-refractivity contribution in [3.8, 4) is 11.3 Å². The second-order valence-electron chi connectivity index (χ2n) is 12.9. The molecule has 3 atom stereocenters. The fourth-order valence-corrected chi connectivity index (χ4v) is 5.78. The van der Waals surface area contributed by atoms with Gasteiger partial charge in [-0.2, -0.15) is 0 Å². The minimum absolute atomic E-state index is 0.134. The van der Waals surface area contributed by atoms with Crippen LogP contribution >= 0.6 is 0 Å². The van der Waals surface area contributed by atoms with Gasteiger partial charge in [-0.15, -0.1) is 0 Å². The molecule has 5 rings (SSSR count). The number of hydrogen-bond acceptors (Lipinski definition) is 9. The van der Waals surface area contributed by atoms with E-state index in [1.165, 1.54) is 9.80 Å². The molecule has 0 aliphatic carbocycles. The first-order valence-corrected chi connectivity index (χ1v) is 15.9. The molecule has 1 aromatic heterocycles. The van der Waals surface area contributed by atoms with Crippen LogP contribution in [-0.2, 0) is 25.6 Å². The van der Waals surface area contributed by atoms with Crippen molar-refractivity contribution in [3.05, 3.63) is 77.9 Å². The van der Waals surface area contributed by atoms with E-state index in [0.29, 0.717) is 36.6 Å². The molecule has 0 spiro atoms. The summed E-state index contributed by atoms with van der Waals surface area (Å²) in [6, 6.07) is 19.0. The summed E-state index contributed by atoms with van der Waals surface area (Å²) in [4.78, 5) is 57.3. The third-order valence-corrected chi connectivity index (χ3v) is 7.98. The van der Waals surface area contributed by atoms with E-state index in [1.807, 2.05) is 54.6 Å². The summed E-state index contributed by atoms with van der Waals surface area (Å²) in [6.07, 6.45) is -1.11. The number of amides is 3. The number of ether oxygens (including phenoxy) is 3. The van der Waals surface area contributed by atoms with Crippen LogP contribution in [0.15, 0.2) is 66.7 Å². The van der Waals surface area contributed by atoms with Crippen LogP contribution in [0, 0.1) is 0 Å². The highest BCUT2D eigenvalue weighted by Gasteiger charge is 2.42. The molecule has 2 aliphatic heterocycles. The van der Waals surface area contributed by atoms with E-state index in [1.54, 1.807) is 40.0 Å². The van der Waals surface area contributed by atoms with Crippen LogP contribution in [0.25, 0.3) is 11.3 Å². The molecule has 3 aromatic rings. The number of carbonyl (C=O) groups is 4. The van der Waals surface area contributed by atoms with Crippen LogP contribution < -0.4 is 10.6 Å². The Bertz CT molecular complexity index is 1640. The second kappa shape index (κ2) is 14.6. The molecule has 13 nitrogen and oxygen atoms in total. The van der Waals surface area contributed by atoms with Gasteiger partial charge in [0.1, 0.15) is 30.2 Å². The summed E-state index contributed by atoms with van der Waals surface area (Å²) < 4.78 is 16.6. The van der Waals surface area contributed by atoms with E-state index >= 15 is 0 Å². The fourth-order valence-electron chi connectivity index (χ4n) is 5.78. The van der Waals surface area contributed by atoms with E-state index in [4.69, 9.17) is 19.2 Å². The summed E-state index contributed by atoms with van der Waals surface area (Å²) in [5.41, 5.74) is 2.87. The summed E-state index contributed by atoms with van der Waals surface area (Å²) in [5, 5.41) is 15.9. The highest BCUT2D eigenvalue weighted by molar-refractivity contribution is 5.91. The molecule has 3 heterocycles. The first kappa shape index (κ1) is 34.0. The van der Waals surface area contributed by atoms with Crippen molar-refractivity contribution < 1.29 is 38.5 Å². The average Bonchev–Trinajstić information content (AvgIpc) is 3.47. The predicted molar refractivity (Wildman–Crippen MR) is 177 cm³/mol. The fraction of sp³-hybridized carbons (Fsp3) is 0.400. The second-order valence-corrected chi connectivity index (χ2v) is 12.9.